The third-order valence-electron chi connectivity index (χ3n) is 7.89. The lowest BCUT2D eigenvalue weighted by atomic mass is 9.85. The Morgan fingerprint density at radius 1 is 1.16 bits per heavy atom. The van der Waals surface area contributed by atoms with Crippen LogP contribution < -0.4 is 10.6 Å². The molecule has 1 aliphatic heterocycles. The molecule has 1 heterocycles. The standard InChI is InChI=1S/C26H34BrN3O2/c1-30-24-21(20-11-12-23(25(20)30)29-18-9-5-6-10-18)15-19(16-22(24)27)32-26(31)28-14-13-17-7-3-2-4-8-17/h2-4,7-8,15-16,18,20-21,23-25,29H,5-6,9-14H2,1H3,(H,28,31). The lowest BCUT2D eigenvalue weighted by Gasteiger charge is -2.33. The number of halogens is 1. The first-order valence-electron chi connectivity index (χ1n) is 12.2. The molecule has 5 atom stereocenters. The van der Waals surface area contributed by atoms with E-state index >= 15 is 0 Å². The van der Waals surface area contributed by atoms with E-state index in [1.807, 2.05) is 24.3 Å². The minimum atomic E-state index is -0.378. The maximum atomic E-state index is 12.4. The Hall–Kier alpha value is -1.63. The van der Waals surface area contributed by atoms with E-state index in [2.05, 4.69) is 56.7 Å². The molecule has 5 unspecified atom stereocenters. The van der Waals surface area contributed by atoms with Gasteiger partial charge in [-0.05, 0) is 62.8 Å². The zero-order chi connectivity index (χ0) is 22.1. The molecule has 1 amide bonds. The number of allylic oxidation sites excluding steroid dienone is 1. The van der Waals surface area contributed by atoms with Gasteiger partial charge in [-0.15, -0.1) is 0 Å². The molecule has 5 nitrogen and oxygen atoms in total. The molecule has 172 valence electrons. The Morgan fingerprint density at radius 3 is 2.72 bits per heavy atom. The minimum Gasteiger partial charge on any atom is -0.411 e. The van der Waals surface area contributed by atoms with Crippen LogP contribution in [0, 0.1) is 11.8 Å². The van der Waals surface area contributed by atoms with E-state index in [0.29, 0.717) is 48.3 Å². The number of ether oxygens (including phenoxy) is 1. The van der Waals surface area contributed by atoms with Gasteiger partial charge in [0.05, 0.1) is 0 Å². The summed E-state index contributed by atoms with van der Waals surface area (Å²) in [6.07, 6.45) is 12.4. The van der Waals surface area contributed by atoms with Crippen LogP contribution in [0.15, 0.2) is 52.7 Å². The summed E-state index contributed by atoms with van der Waals surface area (Å²) in [4.78, 5) is 15.0. The van der Waals surface area contributed by atoms with Crippen molar-refractivity contribution in [2.75, 3.05) is 13.6 Å². The molecule has 3 aliphatic carbocycles. The van der Waals surface area contributed by atoms with Gasteiger partial charge >= 0.3 is 6.09 Å². The Balaban J connectivity index is 1.20. The monoisotopic (exact) mass is 499 g/mol. The number of carbonyl (C=O) groups excluding carboxylic acids is 1. The Labute approximate surface area is 199 Å². The van der Waals surface area contributed by atoms with Gasteiger partial charge < -0.3 is 15.4 Å². The molecule has 0 spiro atoms. The summed E-state index contributed by atoms with van der Waals surface area (Å²) in [5, 5.41) is 6.88. The highest BCUT2D eigenvalue weighted by atomic mass is 79.9. The molecule has 1 aromatic carbocycles. The summed E-state index contributed by atoms with van der Waals surface area (Å²) in [5.74, 6) is 1.65. The highest BCUT2D eigenvalue weighted by molar-refractivity contribution is 9.11. The lowest BCUT2D eigenvalue weighted by Crippen LogP contribution is -2.49. The predicted molar refractivity (Wildman–Crippen MR) is 130 cm³/mol. The second kappa shape index (κ2) is 9.70. The van der Waals surface area contributed by atoms with Crippen LogP contribution in [-0.2, 0) is 11.2 Å². The molecule has 0 bridgehead atoms. The molecule has 2 N–H and O–H groups in total. The number of nitrogens with zero attached hydrogens (tertiary/aromatic N) is 1. The third kappa shape index (κ3) is 4.55. The van der Waals surface area contributed by atoms with Crippen LogP contribution in [0.1, 0.15) is 44.1 Å². The van der Waals surface area contributed by atoms with Gasteiger partial charge in [-0.25, -0.2) is 4.79 Å². The normalized spacial score (nSPS) is 32.2. The van der Waals surface area contributed by atoms with Crippen molar-refractivity contribution >= 4 is 22.0 Å². The van der Waals surface area contributed by atoms with Gasteiger partial charge in [0.2, 0.25) is 0 Å². The van der Waals surface area contributed by atoms with Crippen LogP contribution in [-0.4, -0.2) is 48.8 Å². The van der Waals surface area contributed by atoms with Gasteiger partial charge in [-0.3, -0.25) is 4.90 Å². The van der Waals surface area contributed by atoms with E-state index in [1.54, 1.807) is 0 Å². The number of hydrogen-bond acceptors (Lipinski definition) is 4. The Kier molecular flexibility index (Phi) is 6.72. The zero-order valence-corrected chi connectivity index (χ0v) is 20.4. The maximum Gasteiger partial charge on any atom is 0.412 e. The summed E-state index contributed by atoms with van der Waals surface area (Å²) in [6.45, 7) is 0.565. The van der Waals surface area contributed by atoms with E-state index in [0.717, 1.165) is 10.9 Å². The van der Waals surface area contributed by atoms with Crippen LogP contribution in [0.5, 0.6) is 0 Å². The zero-order valence-electron chi connectivity index (χ0n) is 18.8. The van der Waals surface area contributed by atoms with Crippen molar-refractivity contribution in [3.63, 3.8) is 0 Å². The number of hydrogen-bond donors (Lipinski definition) is 2. The molecule has 1 aromatic rings. The first-order chi connectivity index (χ1) is 15.6. The predicted octanol–water partition coefficient (Wildman–Crippen LogP) is 4.74. The molecular formula is C26H34BrN3O2. The van der Waals surface area contributed by atoms with Crippen molar-refractivity contribution < 1.29 is 9.53 Å². The summed E-state index contributed by atoms with van der Waals surface area (Å²) < 4.78 is 6.82. The van der Waals surface area contributed by atoms with Gasteiger partial charge in [0.1, 0.15) is 5.76 Å². The van der Waals surface area contributed by atoms with Gasteiger partial charge in [-0.2, -0.15) is 0 Å². The van der Waals surface area contributed by atoms with Crippen molar-refractivity contribution in [1.29, 1.82) is 0 Å². The molecule has 3 fully saturated rings. The fourth-order valence-corrected chi connectivity index (χ4v) is 7.35. The second-order valence-corrected chi connectivity index (χ2v) is 10.7. The summed E-state index contributed by atoms with van der Waals surface area (Å²) >= 11 is 3.81. The Bertz CT molecular complexity index is 880. The first kappa shape index (κ1) is 22.2. The molecule has 0 aromatic heterocycles. The SMILES string of the molecule is CN1C2C(Br)=CC(OC(=O)NCCc3ccccc3)=CC2C2CCC(NC3CCCC3)C21. The lowest BCUT2D eigenvalue weighted by molar-refractivity contribution is 0.176. The van der Waals surface area contributed by atoms with Crippen LogP contribution in [0.25, 0.3) is 0 Å². The molecule has 32 heavy (non-hydrogen) atoms. The number of benzene rings is 1. The third-order valence-corrected chi connectivity index (χ3v) is 8.59. The number of carbonyl (C=O) groups is 1. The molecule has 1 saturated heterocycles. The quantitative estimate of drug-likeness (QED) is 0.593. The number of likely N-dealkylation sites (tertiary alicyclic amines) is 1. The van der Waals surface area contributed by atoms with E-state index < -0.39 is 0 Å². The van der Waals surface area contributed by atoms with E-state index in [9.17, 15) is 4.79 Å². The fourth-order valence-electron chi connectivity index (χ4n) is 6.50. The topological polar surface area (TPSA) is 53.6 Å². The minimum absolute atomic E-state index is 0.340. The molecule has 0 radical (unpaired) electrons. The van der Waals surface area contributed by atoms with Crippen LogP contribution in [0.2, 0.25) is 0 Å². The van der Waals surface area contributed by atoms with Crippen molar-refractivity contribution in [1.82, 2.24) is 15.5 Å². The summed E-state index contributed by atoms with van der Waals surface area (Å²) in [7, 11) is 2.27. The highest BCUT2D eigenvalue weighted by Crippen LogP contribution is 2.50. The molecule has 6 heteroatoms. The van der Waals surface area contributed by atoms with Gasteiger partial charge in [0.25, 0.3) is 0 Å². The van der Waals surface area contributed by atoms with Crippen molar-refractivity contribution in [2.24, 2.45) is 11.8 Å². The largest absolute Gasteiger partial charge is 0.412 e. The number of alkyl carbamates (subject to hydrolysis) is 1. The number of fused-ring (bicyclic) bond motifs is 3. The average molecular weight is 500 g/mol. The smallest absolute Gasteiger partial charge is 0.411 e. The van der Waals surface area contributed by atoms with Gasteiger partial charge in [0.15, 0.2) is 0 Å². The van der Waals surface area contributed by atoms with Gasteiger partial charge in [0, 0.05) is 41.1 Å². The molecule has 4 aliphatic rings. The van der Waals surface area contributed by atoms with Crippen molar-refractivity contribution in [3.05, 3.63) is 58.3 Å². The second-order valence-electron chi connectivity index (χ2n) is 9.82. The first-order valence-corrected chi connectivity index (χ1v) is 13.0. The fraction of sp³-hybridized carbons (Fsp3) is 0.577. The number of nitrogens with one attached hydrogen (secondary N) is 2. The average Bonchev–Trinajstić information content (AvgIpc) is 3.49. The van der Waals surface area contributed by atoms with E-state index in [-0.39, 0.29) is 6.09 Å². The van der Waals surface area contributed by atoms with E-state index in [1.165, 1.54) is 44.1 Å². The molecular weight excluding hydrogens is 466 g/mol. The van der Waals surface area contributed by atoms with E-state index in [4.69, 9.17) is 4.74 Å². The van der Waals surface area contributed by atoms with Gasteiger partial charge in [-0.1, -0.05) is 59.1 Å². The van der Waals surface area contributed by atoms with Crippen LogP contribution >= 0.6 is 15.9 Å². The summed E-state index contributed by atoms with van der Waals surface area (Å²) in [5.41, 5.74) is 1.21. The number of amides is 1. The number of likely N-dealkylation sites (N-methyl/N-ethyl adjacent to an activating group) is 1. The van der Waals surface area contributed by atoms with Crippen molar-refractivity contribution in [2.45, 2.75) is 69.1 Å². The van der Waals surface area contributed by atoms with Crippen LogP contribution in [0.4, 0.5) is 4.79 Å². The number of rotatable bonds is 6. The van der Waals surface area contributed by atoms with Crippen molar-refractivity contribution in [3.8, 4) is 0 Å². The summed E-state index contributed by atoms with van der Waals surface area (Å²) in [6, 6.07) is 12.3. The maximum absolute atomic E-state index is 12.4. The highest BCUT2D eigenvalue weighted by Gasteiger charge is 2.54. The Morgan fingerprint density at radius 2 is 1.94 bits per heavy atom. The molecule has 5 rings (SSSR count). The van der Waals surface area contributed by atoms with Crippen LogP contribution in [0.3, 0.4) is 0 Å². The molecule has 2 saturated carbocycles.